The largest absolute Gasteiger partial charge is 0.370 e. The maximum atomic E-state index is 12.9. The Morgan fingerprint density at radius 3 is 2.82 bits per heavy atom. The van der Waals surface area contributed by atoms with Gasteiger partial charge < -0.3 is 10.2 Å². The molecular formula is C17H21FN4. The number of benzene rings is 1. The molecule has 2 heterocycles. The molecule has 0 spiro atoms. The SMILES string of the molecule is CC1CCN(c2nccc(NCCc3ccc(F)cc3)n2)C1. The molecule has 1 unspecified atom stereocenters. The van der Waals surface area contributed by atoms with Crippen molar-refractivity contribution in [1.29, 1.82) is 0 Å². The third kappa shape index (κ3) is 3.72. The van der Waals surface area contributed by atoms with Gasteiger partial charge in [-0.1, -0.05) is 19.1 Å². The van der Waals surface area contributed by atoms with Crippen LogP contribution in [-0.4, -0.2) is 29.6 Å². The minimum Gasteiger partial charge on any atom is -0.370 e. The average molecular weight is 300 g/mol. The van der Waals surface area contributed by atoms with E-state index in [4.69, 9.17) is 0 Å². The molecule has 22 heavy (non-hydrogen) atoms. The summed E-state index contributed by atoms with van der Waals surface area (Å²) in [6, 6.07) is 8.50. The maximum absolute atomic E-state index is 12.9. The van der Waals surface area contributed by atoms with Crippen LogP contribution in [0.5, 0.6) is 0 Å². The summed E-state index contributed by atoms with van der Waals surface area (Å²) in [7, 11) is 0. The second-order valence-electron chi connectivity index (χ2n) is 5.88. The van der Waals surface area contributed by atoms with E-state index in [1.54, 1.807) is 6.20 Å². The van der Waals surface area contributed by atoms with Crippen molar-refractivity contribution in [3.8, 4) is 0 Å². The minimum absolute atomic E-state index is 0.197. The summed E-state index contributed by atoms with van der Waals surface area (Å²) in [5.41, 5.74) is 1.11. The summed E-state index contributed by atoms with van der Waals surface area (Å²) >= 11 is 0. The van der Waals surface area contributed by atoms with Gasteiger partial charge in [0.05, 0.1) is 0 Å². The van der Waals surface area contributed by atoms with Crippen LogP contribution in [0.25, 0.3) is 0 Å². The number of hydrogen-bond acceptors (Lipinski definition) is 4. The van der Waals surface area contributed by atoms with Crippen LogP contribution in [0.15, 0.2) is 36.5 Å². The molecule has 116 valence electrons. The molecule has 1 aliphatic heterocycles. The van der Waals surface area contributed by atoms with Gasteiger partial charge in [0.25, 0.3) is 0 Å². The van der Waals surface area contributed by atoms with E-state index in [-0.39, 0.29) is 5.82 Å². The molecule has 2 aromatic rings. The van der Waals surface area contributed by atoms with Crippen LogP contribution in [0.1, 0.15) is 18.9 Å². The van der Waals surface area contributed by atoms with E-state index in [1.165, 1.54) is 18.6 Å². The van der Waals surface area contributed by atoms with Gasteiger partial charge >= 0.3 is 0 Å². The average Bonchev–Trinajstić information content (AvgIpc) is 2.96. The molecule has 0 amide bonds. The van der Waals surface area contributed by atoms with E-state index >= 15 is 0 Å². The van der Waals surface area contributed by atoms with Gasteiger partial charge in [0.1, 0.15) is 11.6 Å². The smallest absolute Gasteiger partial charge is 0.227 e. The lowest BCUT2D eigenvalue weighted by Gasteiger charge is -2.16. The molecule has 1 atom stereocenters. The first-order valence-corrected chi connectivity index (χ1v) is 7.77. The first-order valence-electron chi connectivity index (χ1n) is 7.77. The van der Waals surface area contributed by atoms with Crippen molar-refractivity contribution in [2.24, 2.45) is 5.92 Å². The fourth-order valence-corrected chi connectivity index (χ4v) is 2.70. The lowest BCUT2D eigenvalue weighted by Crippen LogP contribution is -2.22. The molecule has 1 aliphatic rings. The number of anilines is 2. The summed E-state index contributed by atoms with van der Waals surface area (Å²) in [6.45, 7) is 5.07. The molecule has 1 aromatic carbocycles. The highest BCUT2D eigenvalue weighted by molar-refractivity contribution is 5.42. The van der Waals surface area contributed by atoms with Crippen LogP contribution in [-0.2, 0) is 6.42 Å². The van der Waals surface area contributed by atoms with E-state index < -0.39 is 0 Å². The van der Waals surface area contributed by atoms with Crippen molar-refractivity contribution in [2.75, 3.05) is 29.9 Å². The van der Waals surface area contributed by atoms with E-state index in [0.29, 0.717) is 5.92 Å². The maximum Gasteiger partial charge on any atom is 0.227 e. The Morgan fingerprint density at radius 2 is 2.09 bits per heavy atom. The lowest BCUT2D eigenvalue weighted by molar-refractivity contribution is 0.627. The molecule has 1 fully saturated rings. The zero-order valence-corrected chi connectivity index (χ0v) is 12.8. The van der Waals surface area contributed by atoms with Crippen molar-refractivity contribution in [1.82, 2.24) is 9.97 Å². The third-order valence-electron chi connectivity index (χ3n) is 3.98. The predicted octanol–water partition coefficient (Wildman–Crippen LogP) is 3.12. The van der Waals surface area contributed by atoms with Crippen molar-refractivity contribution < 1.29 is 4.39 Å². The standard InChI is InChI=1S/C17H21FN4/c1-13-8-11-22(12-13)17-20-10-7-16(21-17)19-9-6-14-2-4-15(18)5-3-14/h2-5,7,10,13H,6,8-9,11-12H2,1H3,(H,19,20,21). The van der Waals surface area contributed by atoms with E-state index in [0.717, 1.165) is 43.4 Å². The second-order valence-corrected chi connectivity index (χ2v) is 5.88. The van der Waals surface area contributed by atoms with Crippen LogP contribution in [0, 0.1) is 11.7 Å². The van der Waals surface area contributed by atoms with Crippen molar-refractivity contribution in [2.45, 2.75) is 19.8 Å². The van der Waals surface area contributed by atoms with Crippen molar-refractivity contribution >= 4 is 11.8 Å². The molecule has 1 saturated heterocycles. The fourth-order valence-electron chi connectivity index (χ4n) is 2.70. The molecule has 1 aromatic heterocycles. The van der Waals surface area contributed by atoms with Crippen LogP contribution < -0.4 is 10.2 Å². The highest BCUT2D eigenvalue weighted by Gasteiger charge is 2.20. The Kier molecular flexibility index (Phi) is 4.51. The molecule has 0 aliphatic carbocycles. The lowest BCUT2D eigenvalue weighted by atomic mass is 10.1. The molecule has 0 saturated carbocycles. The highest BCUT2D eigenvalue weighted by atomic mass is 19.1. The highest BCUT2D eigenvalue weighted by Crippen LogP contribution is 2.20. The van der Waals surface area contributed by atoms with Crippen LogP contribution in [0.3, 0.4) is 0 Å². The summed E-state index contributed by atoms with van der Waals surface area (Å²) in [5.74, 6) is 2.15. The summed E-state index contributed by atoms with van der Waals surface area (Å²) in [6.07, 6.45) is 3.83. The first kappa shape index (κ1) is 14.8. The van der Waals surface area contributed by atoms with Gasteiger partial charge in [0.2, 0.25) is 5.95 Å². The van der Waals surface area contributed by atoms with Gasteiger partial charge in [-0.25, -0.2) is 9.37 Å². The monoisotopic (exact) mass is 300 g/mol. The first-order chi connectivity index (χ1) is 10.7. The van der Waals surface area contributed by atoms with Gasteiger partial charge in [0.15, 0.2) is 0 Å². The molecular weight excluding hydrogens is 279 g/mol. The Balaban J connectivity index is 1.55. The van der Waals surface area contributed by atoms with E-state index in [1.807, 2.05) is 18.2 Å². The molecule has 0 bridgehead atoms. The summed E-state index contributed by atoms with van der Waals surface area (Å²) in [4.78, 5) is 11.2. The Bertz CT molecular complexity index is 614. The second kappa shape index (κ2) is 6.73. The Morgan fingerprint density at radius 1 is 1.27 bits per heavy atom. The number of nitrogens with zero attached hydrogens (tertiary/aromatic N) is 3. The van der Waals surface area contributed by atoms with E-state index in [2.05, 4.69) is 27.1 Å². The predicted molar refractivity (Wildman–Crippen MR) is 86.6 cm³/mol. The van der Waals surface area contributed by atoms with Gasteiger partial charge in [-0.3, -0.25) is 0 Å². The molecule has 0 radical (unpaired) electrons. The number of rotatable bonds is 5. The van der Waals surface area contributed by atoms with Gasteiger partial charge in [0, 0.05) is 25.8 Å². The van der Waals surface area contributed by atoms with Crippen LogP contribution >= 0.6 is 0 Å². The molecule has 1 N–H and O–H groups in total. The molecule has 5 heteroatoms. The van der Waals surface area contributed by atoms with Crippen LogP contribution in [0.2, 0.25) is 0 Å². The van der Waals surface area contributed by atoms with Crippen molar-refractivity contribution in [3.63, 3.8) is 0 Å². The van der Waals surface area contributed by atoms with E-state index in [9.17, 15) is 4.39 Å². The van der Waals surface area contributed by atoms with Gasteiger partial charge in [-0.15, -0.1) is 0 Å². The molecule has 4 nitrogen and oxygen atoms in total. The normalized spacial score (nSPS) is 17.7. The zero-order chi connectivity index (χ0) is 15.4. The third-order valence-corrected chi connectivity index (χ3v) is 3.98. The fraction of sp³-hybridized carbons (Fsp3) is 0.412. The Labute approximate surface area is 130 Å². The summed E-state index contributed by atoms with van der Waals surface area (Å²) in [5, 5.41) is 3.31. The topological polar surface area (TPSA) is 41.1 Å². The number of nitrogens with one attached hydrogen (secondary N) is 1. The van der Waals surface area contributed by atoms with Crippen molar-refractivity contribution in [3.05, 3.63) is 47.9 Å². The zero-order valence-electron chi connectivity index (χ0n) is 12.8. The quantitative estimate of drug-likeness (QED) is 0.921. The number of halogens is 1. The van der Waals surface area contributed by atoms with Gasteiger partial charge in [-0.05, 0) is 42.5 Å². The van der Waals surface area contributed by atoms with Crippen LogP contribution in [0.4, 0.5) is 16.2 Å². The van der Waals surface area contributed by atoms with Gasteiger partial charge in [-0.2, -0.15) is 4.98 Å². The number of aromatic nitrogens is 2. The Hall–Kier alpha value is -2.17. The number of hydrogen-bond donors (Lipinski definition) is 1. The summed E-state index contributed by atoms with van der Waals surface area (Å²) < 4.78 is 12.9. The molecule has 3 rings (SSSR count). The minimum atomic E-state index is -0.197.